The highest BCUT2D eigenvalue weighted by Gasteiger charge is 2.38. The van der Waals surface area contributed by atoms with Gasteiger partial charge in [-0.1, -0.05) is 0 Å². The highest BCUT2D eigenvalue weighted by atomic mass is 16.5. The molecule has 2 saturated heterocycles. The normalized spacial score (nSPS) is 30.9. The van der Waals surface area contributed by atoms with Gasteiger partial charge in [-0.3, -0.25) is 0 Å². The zero-order valence-electron chi connectivity index (χ0n) is 13.4. The standard InChI is InChI=1S/C17H32N2O/c1-18-11-5-16(6-12-18)20-15-3-7-17(8-4-15)9-13-19(2)14-10-17/h15-16H,3-14H2,1-2H3. The first-order valence-electron chi connectivity index (χ1n) is 8.68. The first-order chi connectivity index (χ1) is 9.65. The fourth-order valence-electron chi connectivity index (χ4n) is 4.33. The first-order valence-corrected chi connectivity index (χ1v) is 8.68. The molecule has 0 aromatic carbocycles. The molecule has 3 rings (SSSR count). The highest BCUT2D eigenvalue weighted by Crippen LogP contribution is 2.45. The van der Waals surface area contributed by atoms with E-state index in [-0.39, 0.29) is 0 Å². The van der Waals surface area contributed by atoms with Gasteiger partial charge in [0, 0.05) is 13.1 Å². The summed E-state index contributed by atoms with van der Waals surface area (Å²) in [6.45, 7) is 5.04. The van der Waals surface area contributed by atoms with Gasteiger partial charge in [-0.05, 0) is 84.0 Å². The molecule has 0 bridgehead atoms. The summed E-state index contributed by atoms with van der Waals surface area (Å²) in [6.07, 6.45) is 11.9. The van der Waals surface area contributed by atoms with E-state index in [1.54, 1.807) is 0 Å². The lowest BCUT2D eigenvalue weighted by atomic mass is 9.67. The minimum Gasteiger partial charge on any atom is -0.375 e. The summed E-state index contributed by atoms with van der Waals surface area (Å²) in [7, 11) is 4.49. The molecule has 2 heterocycles. The fraction of sp³-hybridized carbons (Fsp3) is 1.00. The van der Waals surface area contributed by atoms with Crippen molar-refractivity contribution < 1.29 is 4.74 Å². The van der Waals surface area contributed by atoms with Crippen LogP contribution in [0.5, 0.6) is 0 Å². The maximum Gasteiger partial charge on any atom is 0.0603 e. The van der Waals surface area contributed by atoms with Crippen LogP contribution >= 0.6 is 0 Å². The molecule has 1 aliphatic carbocycles. The molecule has 20 heavy (non-hydrogen) atoms. The Balaban J connectivity index is 1.42. The Labute approximate surface area is 124 Å². The van der Waals surface area contributed by atoms with Crippen LogP contribution in [0.3, 0.4) is 0 Å². The Bertz CT molecular complexity index is 294. The van der Waals surface area contributed by atoms with Crippen LogP contribution in [-0.4, -0.2) is 62.3 Å². The molecular formula is C17H32N2O. The summed E-state index contributed by atoms with van der Waals surface area (Å²) < 4.78 is 6.40. The van der Waals surface area contributed by atoms with E-state index >= 15 is 0 Å². The molecule has 1 spiro atoms. The van der Waals surface area contributed by atoms with Crippen molar-refractivity contribution in [3.63, 3.8) is 0 Å². The predicted octanol–water partition coefficient (Wildman–Crippen LogP) is 2.75. The number of hydrogen-bond acceptors (Lipinski definition) is 3. The van der Waals surface area contributed by atoms with E-state index in [9.17, 15) is 0 Å². The van der Waals surface area contributed by atoms with Gasteiger partial charge in [-0.15, -0.1) is 0 Å². The van der Waals surface area contributed by atoms with Gasteiger partial charge in [-0.25, -0.2) is 0 Å². The summed E-state index contributed by atoms with van der Waals surface area (Å²) in [5.41, 5.74) is 0.680. The Morgan fingerprint density at radius 1 is 0.700 bits per heavy atom. The van der Waals surface area contributed by atoms with Gasteiger partial charge >= 0.3 is 0 Å². The van der Waals surface area contributed by atoms with E-state index in [1.807, 2.05) is 0 Å². The van der Waals surface area contributed by atoms with Gasteiger partial charge in [0.15, 0.2) is 0 Å². The SMILES string of the molecule is CN1CCC(OC2CCC3(CC2)CCN(C)CC3)CC1. The topological polar surface area (TPSA) is 15.7 Å². The van der Waals surface area contributed by atoms with Gasteiger partial charge in [0.2, 0.25) is 0 Å². The molecule has 0 unspecified atom stereocenters. The van der Waals surface area contributed by atoms with E-state index in [1.165, 1.54) is 77.5 Å². The van der Waals surface area contributed by atoms with Crippen LogP contribution in [0.2, 0.25) is 0 Å². The van der Waals surface area contributed by atoms with Crippen molar-refractivity contribution in [2.75, 3.05) is 40.3 Å². The highest BCUT2D eigenvalue weighted by molar-refractivity contribution is 4.90. The molecule has 3 heteroatoms. The molecule has 3 aliphatic rings. The smallest absolute Gasteiger partial charge is 0.0603 e. The molecule has 3 fully saturated rings. The lowest BCUT2D eigenvalue weighted by molar-refractivity contribution is -0.0754. The van der Waals surface area contributed by atoms with Crippen LogP contribution in [0, 0.1) is 5.41 Å². The maximum atomic E-state index is 6.40. The molecule has 0 aromatic rings. The van der Waals surface area contributed by atoms with Crippen LogP contribution in [-0.2, 0) is 4.74 Å². The fourth-order valence-corrected chi connectivity index (χ4v) is 4.33. The van der Waals surface area contributed by atoms with Gasteiger partial charge in [0.25, 0.3) is 0 Å². The maximum absolute atomic E-state index is 6.40. The van der Waals surface area contributed by atoms with E-state index in [0.29, 0.717) is 17.6 Å². The third kappa shape index (κ3) is 3.55. The zero-order chi connectivity index (χ0) is 14.0. The molecule has 0 atom stereocenters. The largest absolute Gasteiger partial charge is 0.375 e. The number of hydrogen-bond donors (Lipinski definition) is 0. The number of rotatable bonds is 2. The Morgan fingerprint density at radius 3 is 1.80 bits per heavy atom. The van der Waals surface area contributed by atoms with Crippen LogP contribution in [0.25, 0.3) is 0 Å². The van der Waals surface area contributed by atoms with Crippen molar-refractivity contribution in [3.8, 4) is 0 Å². The molecule has 0 amide bonds. The third-order valence-corrected chi connectivity index (χ3v) is 6.09. The second-order valence-electron chi connectivity index (χ2n) is 7.64. The van der Waals surface area contributed by atoms with Crippen molar-refractivity contribution in [2.24, 2.45) is 5.41 Å². The molecule has 0 aromatic heterocycles. The lowest BCUT2D eigenvalue weighted by Gasteiger charge is -2.45. The molecular weight excluding hydrogens is 248 g/mol. The monoisotopic (exact) mass is 280 g/mol. The zero-order valence-corrected chi connectivity index (χ0v) is 13.4. The minimum atomic E-state index is 0.544. The number of ether oxygens (including phenoxy) is 1. The molecule has 0 N–H and O–H groups in total. The third-order valence-electron chi connectivity index (χ3n) is 6.09. The predicted molar refractivity (Wildman–Crippen MR) is 83.0 cm³/mol. The summed E-state index contributed by atoms with van der Waals surface area (Å²) in [5, 5.41) is 0. The van der Waals surface area contributed by atoms with Gasteiger partial charge in [0.05, 0.1) is 12.2 Å². The van der Waals surface area contributed by atoms with Crippen molar-refractivity contribution in [1.82, 2.24) is 9.80 Å². The summed E-state index contributed by atoms with van der Waals surface area (Å²) in [4.78, 5) is 4.92. The number of likely N-dealkylation sites (tertiary alicyclic amines) is 2. The number of piperidine rings is 2. The second kappa shape index (κ2) is 6.33. The Hall–Kier alpha value is -0.120. The quantitative estimate of drug-likeness (QED) is 0.773. The van der Waals surface area contributed by atoms with Gasteiger partial charge < -0.3 is 14.5 Å². The second-order valence-corrected chi connectivity index (χ2v) is 7.64. The minimum absolute atomic E-state index is 0.544. The van der Waals surface area contributed by atoms with Crippen molar-refractivity contribution in [3.05, 3.63) is 0 Å². The van der Waals surface area contributed by atoms with E-state index in [4.69, 9.17) is 4.74 Å². The molecule has 1 saturated carbocycles. The van der Waals surface area contributed by atoms with Crippen molar-refractivity contribution >= 4 is 0 Å². The summed E-state index contributed by atoms with van der Waals surface area (Å²) in [6, 6.07) is 0. The van der Waals surface area contributed by atoms with Crippen LogP contribution in [0.1, 0.15) is 51.4 Å². The average molecular weight is 280 g/mol. The summed E-state index contributed by atoms with van der Waals surface area (Å²) >= 11 is 0. The van der Waals surface area contributed by atoms with Crippen LogP contribution in [0.4, 0.5) is 0 Å². The van der Waals surface area contributed by atoms with E-state index in [0.717, 1.165) is 0 Å². The van der Waals surface area contributed by atoms with Crippen molar-refractivity contribution in [2.45, 2.75) is 63.6 Å². The van der Waals surface area contributed by atoms with Crippen LogP contribution in [0.15, 0.2) is 0 Å². The molecule has 2 aliphatic heterocycles. The lowest BCUT2D eigenvalue weighted by Crippen LogP contribution is -2.42. The van der Waals surface area contributed by atoms with Crippen LogP contribution < -0.4 is 0 Å². The van der Waals surface area contributed by atoms with Gasteiger partial charge in [0.1, 0.15) is 0 Å². The van der Waals surface area contributed by atoms with Gasteiger partial charge in [-0.2, -0.15) is 0 Å². The average Bonchev–Trinajstić information content (AvgIpc) is 2.47. The summed E-state index contributed by atoms with van der Waals surface area (Å²) in [5.74, 6) is 0. The Kier molecular flexibility index (Phi) is 4.68. The molecule has 0 radical (unpaired) electrons. The first kappa shape index (κ1) is 14.8. The number of nitrogens with zero attached hydrogens (tertiary/aromatic N) is 2. The Morgan fingerprint density at radius 2 is 1.20 bits per heavy atom. The molecule has 116 valence electrons. The van der Waals surface area contributed by atoms with Crippen molar-refractivity contribution in [1.29, 1.82) is 0 Å². The van der Waals surface area contributed by atoms with E-state index in [2.05, 4.69) is 23.9 Å². The van der Waals surface area contributed by atoms with E-state index < -0.39 is 0 Å². The molecule has 3 nitrogen and oxygen atoms in total.